The number of nitrogens with zero attached hydrogens (tertiary/aromatic N) is 1. The van der Waals surface area contributed by atoms with Crippen LogP contribution in [0.3, 0.4) is 0 Å². The summed E-state index contributed by atoms with van der Waals surface area (Å²) < 4.78 is 0.948. The first-order chi connectivity index (χ1) is 8.58. The molecule has 0 radical (unpaired) electrons. The fourth-order valence-electron chi connectivity index (χ4n) is 2.40. The molecule has 1 heterocycles. The molecule has 1 aromatic carbocycles. The van der Waals surface area contributed by atoms with Gasteiger partial charge in [0.2, 0.25) is 0 Å². The van der Waals surface area contributed by atoms with Crippen LogP contribution in [0.15, 0.2) is 22.7 Å². The summed E-state index contributed by atoms with van der Waals surface area (Å²) in [6.07, 6.45) is 2.41. The number of halogens is 1. The standard InChI is InChI=1S/C13H18BrN3S/c1-17-7-3-4-9(8-17)16-11-6-2-5-10(14)12(11)13(15)18/h2,5-6,9,16H,3-4,7-8H2,1H3,(H2,15,18). The van der Waals surface area contributed by atoms with Crippen LogP contribution in [0.5, 0.6) is 0 Å². The van der Waals surface area contributed by atoms with Gasteiger partial charge in [-0.3, -0.25) is 0 Å². The maximum Gasteiger partial charge on any atom is 0.107 e. The molecule has 2 rings (SSSR count). The van der Waals surface area contributed by atoms with Crippen LogP contribution in [0, 0.1) is 0 Å². The number of nitrogens with one attached hydrogen (secondary N) is 1. The quantitative estimate of drug-likeness (QED) is 0.837. The lowest BCUT2D eigenvalue weighted by Crippen LogP contribution is -2.40. The minimum absolute atomic E-state index is 0.425. The third kappa shape index (κ3) is 3.22. The molecule has 0 bridgehead atoms. The molecule has 1 unspecified atom stereocenters. The molecule has 1 aliphatic heterocycles. The topological polar surface area (TPSA) is 41.3 Å². The number of hydrogen-bond donors (Lipinski definition) is 2. The van der Waals surface area contributed by atoms with Gasteiger partial charge >= 0.3 is 0 Å². The molecule has 1 aromatic rings. The zero-order valence-electron chi connectivity index (χ0n) is 10.4. The van der Waals surface area contributed by atoms with Crippen molar-refractivity contribution >= 4 is 38.8 Å². The number of benzene rings is 1. The van der Waals surface area contributed by atoms with E-state index in [0.29, 0.717) is 11.0 Å². The van der Waals surface area contributed by atoms with Crippen molar-refractivity contribution in [3.63, 3.8) is 0 Å². The van der Waals surface area contributed by atoms with Gasteiger partial charge in [-0.05, 0) is 54.5 Å². The van der Waals surface area contributed by atoms with Gasteiger partial charge in [-0.15, -0.1) is 0 Å². The van der Waals surface area contributed by atoms with Crippen LogP contribution in [0.2, 0.25) is 0 Å². The number of thiocarbonyl (C=S) groups is 1. The van der Waals surface area contributed by atoms with Crippen LogP contribution >= 0.6 is 28.1 Å². The van der Waals surface area contributed by atoms with Crippen molar-refractivity contribution in [3.05, 3.63) is 28.2 Å². The molecule has 1 saturated heterocycles. The number of nitrogens with two attached hydrogens (primary N) is 1. The Morgan fingerprint density at radius 1 is 1.56 bits per heavy atom. The van der Waals surface area contributed by atoms with E-state index in [2.05, 4.69) is 33.2 Å². The number of hydrogen-bond acceptors (Lipinski definition) is 3. The summed E-state index contributed by atoms with van der Waals surface area (Å²) >= 11 is 8.63. The summed E-state index contributed by atoms with van der Waals surface area (Å²) in [5.41, 5.74) is 7.73. The fourth-order valence-corrected chi connectivity index (χ4v) is 3.33. The summed E-state index contributed by atoms with van der Waals surface area (Å²) in [4.78, 5) is 2.77. The Hall–Kier alpha value is -0.650. The monoisotopic (exact) mass is 327 g/mol. The lowest BCUT2D eigenvalue weighted by Gasteiger charge is -2.31. The molecule has 18 heavy (non-hydrogen) atoms. The first-order valence-electron chi connectivity index (χ1n) is 6.11. The largest absolute Gasteiger partial charge is 0.389 e. The molecular formula is C13H18BrN3S. The summed E-state index contributed by atoms with van der Waals surface area (Å²) in [7, 11) is 2.16. The van der Waals surface area contributed by atoms with Crippen molar-refractivity contribution in [1.29, 1.82) is 0 Å². The summed E-state index contributed by atoms with van der Waals surface area (Å²) in [6, 6.07) is 6.47. The molecular weight excluding hydrogens is 310 g/mol. The van der Waals surface area contributed by atoms with Gasteiger partial charge in [0, 0.05) is 28.3 Å². The highest BCUT2D eigenvalue weighted by Crippen LogP contribution is 2.26. The number of likely N-dealkylation sites (tertiary alicyclic amines) is 1. The Morgan fingerprint density at radius 3 is 3.00 bits per heavy atom. The highest BCUT2D eigenvalue weighted by Gasteiger charge is 2.18. The molecule has 3 N–H and O–H groups in total. The Bertz CT molecular complexity index is 450. The maximum atomic E-state index is 5.80. The third-order valence-corrected chi connectivity index (χ3v) is 4.11. The van der Waals surface area contributed by atoms with Gasteiger partial charge in [0.25, 0.3) is 0 Å². The molecule has 1 fully saturated rings. The number of likely N-dealkylation sites (N-methyl/N-ethyl adjacent to an activating group) is 1. The molecule has 5 heteroatoms. The predicted molar refractivity (Wildman–Crippen MR) is 84.2 cm³/mol. The van der Waals surface area contributed by atoms with E-state index in [1.54, 1.807) is 0 Å². The minimum Gasteiger partial charge on any atom is -0.389 e. The lowest BCUT2D eigenvalue weighted by molar-refractivity contribution is 0.261. The SMILES string of the molecule is CN1CCCC(Nc2cccc(Br)c2C(N)=S)C1. The molecule has 0 spiro atoms. The van der Waals surface area contributed by atoms with Crippen LogP contribution in [0.4, 0.5) is 5.69 Å². The van der Waals surface area contributed by atoms with Crippen molar-refractivity contribution in [2.45, 2.75) is 18.9 Å². The molecule has 98 valence electrons. The van der Waals surface area contributed by atoms with Crippen LogP contribution < -0.4 is 11.1 Å². The summed E-state index contributed by atoms with van der Waals surface area (Å²) in [5, 5.41) is 3.56. The Morgan fingerprint density at radius 2 is 2.33 bits per heavy atom. The Kier molecular flexibility index (Phi) is 4.59. The van der Waals surface area contributed by atoms with Crippen LogP contribution in [0.25, 0.3) is 0 Å². The second-order valence-electron chi connectivity index (χ2n) is 4.77. The van der Waals surface area contributed by atoms with Crippen molar-refractivity contribution < 1.29 is 0 Å². The second kappa shape index (κ2) is 5.99. The van der Waals surface area contributed by atoms with Gasteiger partial charge in [0.15, 0.2) is 0 Å². The van der Waals surface area contributed by atoms with E-state index in [9.17, 15) is 0 Å². The highest BCUT2D eigenvalue weighted by atomic mass is 79.9. The highest BCUT2D eigenvalue weighted by molar-refractivity contribution is 9.10. The van der Waals surface area contributed by atoms with E-state index in [-0.39, 0.29) is 0 Å². The molecule has 3 nitrogen and oxygen atoms in total. The molecule has 1 aliphatic rings. The van der Waals surface area contributed by atoms with Crippen LogP contribution in [0.1, 0.15) is 18.4 Å². The zero-order valence-corrected chi connectivity index (χ0v) is 12.9. The van der Waals surface area contributed by atoms with Crippen LogP contribution in [-0.4, -0.2) is 36.1 Å². The van der Waals surface area contributed by atoms with Crippen LogP contribution in [-0.2, 0) is 0 Å². The van der Waals surface area contributed by atoms with E-state index in [1.165, 1.54) is 19.4 Å². The normalized spacial score (nSPS) is 20.7. The van der Waals surface area contributed by atoms with Crippen molar-refractivity contribution in [2.24, 2.45) is 5.73 Å². The van der Waals surface area contributed by atoms with E-state index >= 15 is 0 Å². The maximum absolute atomic E-state index is 5.80. The van der Waals surface area contributed by atoms with Gasteiger partial charge in [-0.1, -0.05) is 18.3 Å². The van der Waals surface area contributed by atoms with Crippen molar-refractivity contribution in [2.75, 3.05) is 25.5 Å². The average Bonchev–Trinajstić information content (AvgIpc) is 2.28. The molecule has 0 aliphatic carbocycles. The first-order valence-corrected chi connectivity index (χ1v) is 7.31. The average molecular weight is 328 g/mol. The lowest BCUT2D eigenvalue weighted by atomic mass is 10.0. The third-order valence-electron chi connectivity index (χ3n) is 3.24. The van der Waals surface area contributed by atoms with E-state index < -0.39 is 0 Å². The van der Waals surface area contributed by atoms with E-state index in [4.69, 9.17) is 18.0 Å². The first kappa shape index (κ1) is 13.8. The number of piperidine rings is 1. The van der Waals surface area contributed by atoms with Gasteiger partial charge < -0.3 is 16.0 Å². The Balaban J connectivity index is 2.18. The van der Waals surface area contributed by atoms with E-state index in [1.807, 2.05) is 18.2 Å². The zero-order chi connectivity index (χ0) is 13.1. The van der Waals surface area contributed by atoms with Crippen molar-refractivity contribution in [3.8, 4) is 0 Å². The minimum atomic E-state index is 0.425. The van der Waals surface area contributed by atoms with Gasteiger partial charge in [-0.25, -0.2) is 0 Å². The second-order valence-corrected chi connectivity index (χ2v) is 6.07. The Labute approximate surface area is 122 Å². The predicted octanol–water partition coefficient (Wildman–Crippen LogP) is 2.59. The summed E-state index contributed by atoms with van der Waals surface area (Å²) in [5.74, 6) is 0. The van der Waals surface area contributed by atoms with E-state index in [0.717, 1.165) is 22.3 Å². The van der Waals surface area contributed by atoms with Gasteiger partial charge in [0.1, 0.15) is 4.99 Å². The number of rotatable bonds is 3. The van der Waals surface area contributed by atoms with Gasteiger partial charge in [-0.2, -0.15) is 0 Å². The smallest absolute Gasteiger partial charge is 0.107 e. The molecule has 0 saturated carbocycles. The fraction of sp³-hybridized carbons (Fsp3) is 0.462. The summed E-state index contributed by atoms with van der Waals surface area (Å²) in [6.45, 7) is 2.24. The molecule has 0 amide bonds. The number of anilines is 1. The molecule has 0 aromatic heterocycles. The van der Waals surface area contributed by atoms with Gasteiger partial charge in [0.05, 0.1) is 0 Å². The molecule has 1 atom stereocenters. The van der Waals surface area contributed by atoms with Crippen molar-refractivity contribution in [1.82, 2.24) is 4.90 Å².